The van der Waals surface area contributed by atoms with E-state index in [4.69, 9.17) is 11.6 Å². The Morgan fingerprint density at radius 1 is 1.29 bits per heavy atom. The van der Waals surface area contributed by atoms with Gasteiger partial charge in [0.25, 0.3) is 0 Å². The van der Waals surface area contributed by atoms with Crippen molar-refractivity contribution in [3.8, 4) is 0 Å². The molecule has 0 heterocycles. The second-order valence-corrected chi connectivity index (χ2v) is 4.78. The Bertz CT molecular complexity index is 392. The van der Waals surface area contributed by atoms with E-state index in [1.54, 1.807) is 0 Å². The van der Waals surface area contributed by atoms with Crippen LogP contribution in [0.4, 0.5) is 13.2 Å². The number of nitrogens with one attached hydrogen (secondary N) is 1. The third-order valence-corrected chi connectivity index (χ3v) is 3.35. The van der Waals surface area contributed by atoms with Crippen molar-refractivity contribution in [3.63, 3.8) is 0 Å². The van der Waals surface area contributed by atoms with Crippen LogP contribution < -0.4 is 5.32 Å². The zero-order chi connectivity index (χ0) is 12.5. The van der Waals surface area contributed by atoms with Crippen molar-refractivity contribution in [2.24, 2.45) is 0 Å². The Balaban J connectivity index is 1.97. The van der Waals surface area contributed by atoms with Gasteiger partial charge in [0.1, 0.15) is 0 Å². The smallest absolute Gasteiger partial charge is 0.308 e. The lowest BCUT2D eigenvalue weighted by molar-refractivity contribution is -0.133. The SMILES string of the molecule is FC(F)(F)CCNC1c2ccccc2CC1Cl. The van der Waals surface area contributed by atoms with Crippen LogP contribution in [-0.2, 0) is 6.42 Å². The molecule has 0 spiro atoms. The van der Waals surface area contributed by atoms with Crippen LogP contribution in [0.3, 0.4) is 0 Å². The van der Waals surface area contributed by atoms with E-state index < -0.39 is 12.6 Å². The van der Waals surface area contributed by atoms with Gasteiger partial charge < -0.3 is 5.32 Å². The van der Waals surface area contributed by atoms with Crippen molar-refractivity contribution in [1.29, 1.82) is 0 Å². The summed E-state index contributed by atoms with van der Waals surface area (Å²) in [5, 5.41) is 2.73. The molecule has 0 radical (unpaired) electrons. The molecule has 94 valence electrons. The highest BCUT2D eigenvalue weighted by Gasteiger charge is 2.32. The summed E-state index contributed by atoms with van der Waals surface area (Å²) in [5.41, 5.74) is 2.15. The number of halogens is 4. The van der Waals surface area contributed by atoms with E-state index in [0.29, 0.717) is 6.42 Å². The number of benzene rings is 1. The molecule has 1 aliphatic rings. The van der Waals surface area contributed by atoms with E-state index in [9.17, 15) is 13.2 Å². The molecule has 0 fully saturated rings. The van der Waals surface area contributed by atoms with Gasteiger partial charge in [0.05, 0.1) is 11.8 Å². The van der Waals surface area contributed by atoms with Crippen LogP contribution in [0.5, 0.6) is 0 Å². The van der Waals surface area contributed by atoms with E-state index in [0.717, 1.165) is 11.1 Å². The number of hydrogen-bond acceptors (Lipinski definition) is 1. The summed E-state index contributed by atoms with van der Waals surface area (Å²) in [6.45, 7) is -0.0915. The Hall–Kier alpha value is -0.740. The average molecular weight is 264 g/mol. The molecule has 1 aromatic rings. The lowest BCUT2D eigenvalue weighted by atomic mass is 10.1. The van der Waals surface area contributed by atoms with Gasteiger partial charge >= 0.3 is 6.18 Å². The zero-order valence-electron chi connectivity index (χ0n) is 9.10. The van der Waals surface area contributed by atoms with Gasteiger partial charge in [0, 0.05) is 12.6 Å². The zero-order valence-corrected chi connectivity index (χ0v) is 9.85. The second kappa shape index (κ2) is 4.86. The Morgan fingerprint density at radius 2 is 2.00 bits per heavy atom. The lowest BCUT2D eigenvalue weighted by Crippen LogP contribution is -2.29. The van der Waals surface area contributed by atoms with Crippen LogP contribution >= 0.6 is 11.6 Å². The van der Waals surface area contributed by atoms with Crippen molar-refractivity contribution in [1.82, 2.24) is 5.32 Å². The van der Waals surface area contributed by atoms with Gasteiger partial charge in [-0.1, -0.05) is 24.3 Å². The molecule has 2 unspecified atom stereocenters. The predicted molar refractivity (Wildman–Crippen MR) is 61.2 cm³/mol. The summed E-state index contributed by atoms with van der Waals surface area (Å²) in [5.74, 6) is 0. The van der Waals surface area contributed by atoms with Crippen molar-refractivity contribution in [3.05, 3.63) is 35.4 Å². The Kier molecular flexibility index (Phi) is 3.64. The number of rotatable bonds is 3. The van der Waals surface area contributed by atoms with Crippen LogP contribution in [-0.4, -0.2) is 18.1 Å². The first-order chi connectivity index (χ1) is 7.97. The first kappa shape index (κ1) is 12.7. The molecule has 0 aromatic heterocycles. The molecule has 0 saturated heterocycles. The maximum absolute atomic E-state index is 12.0. The average Bonchev–Trinajstić information content (AvgIpc) is 2.54. The molecule has 0 saturated carbocycles. The van der Waals surface area contributed by atoms with E-state index in [2.05, 4.69) is 5.32 Å². The Labute approximate surface area is 103 Å². The monoisotopic (exact) mass is 263 g/mol. The minimum Gasteiger partial charge on any atom is -0.308 e. The highest BCUT2D eigenvalue weighted by atomic mass is 35.5. The molecular formula is C12H13ClF3N. The minimum absolute atomic E-state index is 0.0915. The van der Waals surface area contributed by atoms with Gasteiger partial charge in [-0.25, -0.2) is 0 Å². The number of fused-ring (bicyclic) bond motifs is 1. The fourth-order valence-corrected chi connectivity index (χ4v) is 2.54. The third kappa shape index (κ3) is 3.13. The largest absolute Gasteiger partial charge is 0.390 e. The molecule has 17 heavy (non-hydrogen) atoms. The van der Waals surface area contributed by atoms with Crippen molar-refractivity contribution < 1.29 is 13.2 Å². The van der Waals surface area contributed by atoms with E-state index in [1.165, 1.54) is 0 Å². The fourth-order valence-electron chi connectivity index (χ4n) is 2.15. The molecule has 1 aromatic carbocycles. The van der Waals surface area contributed by atoms with Gasteiger partial charge in [-0.3, -0.25) is 0 Å². The summed E-state index contributed by atoms with van der Waals surface area (Å²) < 4.78 is 36.1. The standard InChI is InChI=1S/C12H13ClF3N/c13-10-7-8-3-1-2-4-9(8)11(10)17-6-5-12(14,15)16/h1-4,10-11,17H,5-7H2. The molecule has 0 amide bonds. The van der Waals surface area contributed by atoms with Gasteiger partial charge in [-0.2, -0.15) is 13.2 Å². The second-order valence-electron chi connectivity index (χ2n) is 4.22. The molecule has 1 N–H and O–H groups in total. The van der Waals surface area contributed by atoms with Crippen LogP contribution in [0, 0.1) is 0 Å². The first-order valence-corrected chi connectivity index (χ1v) is 5.93. The van der Waals surface area contributed by atoms with Crippen LogP contribution in [0.25, 0.3) is 0 Å². The molecule has 2 atom stereocenters. The normalized spacial score (nSPS) is 23.8. The van der Waals surface area contributed by atoms with E-state index in [1.807, 2.05) is 24.3 Å². The minimum atomic E-state index is -4.12. The van der Waals surface area contributed by atoms with Gasteiger partial charge in [0.2, 0.25) is 0 Å². The van der Waals surface area contributed by atoms with Crippen molar-refractivity contribution >= 4 is 11.6 Å². The summed E-state index contributed by atoms with van der Waals surface area (Å²) in [6, 6.07) is 7.52. The maximum Gasteiger partial charge on any atom is 0.390 e. The molecular weight excluding hydrogens is 251 g/mol. The fraction of sp³-hybridized carbons (Fsp3) is 0.500. The van der Waals surface area contributed by atoms with Crippen LogP contribution in [0.15, 0.2) is 24.3 Å². The molecule has 1 aliphatic carbocycles. The van der Waals surface area contributed by atoms with Crippen molar-refractivity contribution in [2.75, 3.05) is 6.54 Å². The van der Waals surface area contributed by atoms with E-state index >= 15 is 0 Å². The third-order valence-electron chi connectivity index (χ3n) is 2.94. The van der Waals surface area contributed by atoms with Crippen LogP contribution in [0.2, 0.25) is 0 Å². The van der Waals surface area contributed by atoms with Gasteiger partial charge in [0.15, 0.2) is 0 Å². The topological polar surface area (TPSA) is 12.0 Å². The van der Waals surface area contributed by atoms with E-state index in [-0.39, 0.29) is 18.0 Å². The highest BCUT2D eigenvalue weighted by Crippen LogP contribution is 2.34. The predicted octanol–water partition coefficient (Wildman–Crippen LogP) is 3.43. The summed E-state index contributed by atoms with van der Waals surface area (Å²) in [7, 11) is 0. The molecule has 2 rings (SSSR count). The molecule has 0 bridgehead atoms. The van der Waals surface area contributed by atoms with Crippen LogP contribution in [0.1, 0.15) is 23.6 Å². The Morgan fingerprint density at radius 3 is 2.71 bits per heavy atom. The summed E-state index contributed by atoms with van der Waals surface area (Å²) in [6.07, 6.45) is -4.23. The summed E-state index contributed by atoms with van der Waals surface area (Å²) >= 11 is 6.15. The highest BCUT2D eigenvalue weighted by molar-refractivity contribution is 6.21. The number of alkyl halides is 4. The first-order valence-electron chi connectivity index (χ1n) is 5.49. The lowest BCUT2D eigenvalue weighted by Gasteiger charge is -2.18. The molecule has 1 nitrogen and oxygen atoms in total. The summed E-state index contributed by atoms with van der Waals surface area (Å²) in [4.78, 5) is 0. The molecule has 5 heteroatoms. The number of hydrogen-bond donors (Lipinski definition) is 1. The molecule has 0 aliphatic heterocycles. The van der Waals surface area contributed by atoms with Gasteiger partial charge in [-0.05, 0) is 17.5 Å². The quantitative estimate of drug-likeness (QED) is 0.824. The maximum atomic E-state index is 12.0. The van der Waals surface area contributed by atoms with Gasteiger partial charge in [-0.15, -0.1) is 11.6 Å². The van der Waals surface area contributed by atoms with Crippen molar-refractivity contribution in [2.45, 2.75) is 30.4 Å².